The lowest BCUT2D eigenvalue weighted by Crippen LogP contribution is -2.24. The van der Waals surface area contributed by atoms with E-state index in [-0.39, 0.29) is 23.7 Å². The lowest BCUT2D eigenvalue weighted by atomic mass is 9.91. The normalized spacial score (nSPS) is 19.0. The Hall–Kier alpha value is -2.88. The standard InChI is InChI=1S/C33H42O4/c1-18(2)22-11-13-28(26(16-22)20(5)6)36-32(34)30-24-9-10-25(15-24)31(30)33(35)37-29-14-12-23(19(3)4)17-27(29)21(7)8/h11-14,16-21,24-25H,9-10,15H2,1-8H3. The highest BCUT2D eigenvalue weighted by molar-refractivity contribution is 6.04. The number of fused-ring (bicyclic) bond motifs is 2. The second-order valence-corrected chi connectivity index (χ2v) is 12.0. The number of carbonyl (C=O) groups excluding carboxylic acids is 2. The van der Waals surface area contributed by atoms with Gasteiger partial charge in [-0.2, -0.15) is 0 Å². The van der Waals surface area contributed by atoms with Crippen molar-refractivity contribution >= 4 is 11.9 Å². The summed E-state index contributed by atoms with van der Waals surface area (Å²) in [4.78, 5) is 27.1. The number of esters is 2. The highest BCUT2D eigenvalue weighted by atomic mass is 16.5. The zero-order valence-electron chi connectivity index (χ0n) is 23.7. The first-order chi connectivity index (χ1) is 17.5. The first-order valence-corrected chi connectivity index (χ1v) is 13.9. The molecule has 2 aliphatic rings. The van der Waals surface area contributed by atoms with Crippen LogP contribution in [-0.2, 0) is 9.59 Å². The smallest absolute Gasteiger partial charge is 0.340 e. The van der Waals surface area contributed by atoms with Gasteiger partial charge in [-0.3, -0.25) is 0 Å². The Morgan fingerprint density at radius 1 is 0.622 bits per heavy atom. The maximum absolute atomic E-state index is 13.6. The Labute approximate surface area is 222 Å². The van der Waals surface area contributed by atoms with Crippen LogP contribution in [-0.4, -0.2) is 11.9 Å². The Kier molecular flexibility index (Phi) is 7.96. The van der Waals surface area contributed by atoms with Gasteiger partial charge in [0.15, 0.2) is 0 Å². The molecule has 2 aromatic carbocycles. The van der Waals surface area contributed by atoms with Crippen molar-refractivity contribution in [1.29, 1.82) is 0 Å². The number of carbonyl (C=O) groups is 2. The van der Waals surface area contributed by atoms with E-state index >= 15 is 0 Å². The minimum atomic E-state index is -0.405. The van der Waals surface area contributed by atoms with Gasteiger partial charge in [0.05, 0.1) is 11.1 Å². The summed E-state index contributed by atoms with van der Waals surface area (Å²) in [7, 11) is 0. The average molecular weight is 503 g/mol. The van der Waals surface area contributed by atoms with Crippen LogP contribution in [0.25, 0.3) is 0 Å². The van der Waals surface area contributed by atoms with Crippen molar-refractivity contribution < 1.29 is 19.1 Å². The van der Waals surface area contributed by atoms with Gasteiger partial charge < -0.3 is 9.47 Å². The van der Waals surface area contributed by atoms with E-state index in [0.717, 1.165) is 30.4 Å². The number of hydrogen-bond acceptors (Lipinski definition) is 4. The molecule has 2 aliphatic carbocycles. The molecule has 0 N–H and O–H groups in total. The summed E-state index contributed by atoms with van der Waals surface area (Å²) in [5.41, 5.74) is 5.51. The maximum atomic E-state index is 13.6. The second kappa shape index (κ2) is 10.8. The van der Waals surface area contributed by atoms with Crippen molar-refractivity contribution in [2.75, 3.05) is 0 Å². The fourth-order valence-corrected chi connectivity index (χ4v) is 5.75. The van der Waals surface area contributed by atoms with Gasteiger partial charge in [0.1, 0.15) is 11.5 Å². The van der Waals surface area contributed by atoms with Gasteiger partial charge >= 0.3 is 11.9 Å². The SMILES string of the molecule is CC(C)c1ccc(OC(=O)C2=C(C(=O)Oc3ccc(C(C)C)cc3C(C)C)C3CCC2C3)c(C(C)C)c1. The molecule has 0 aromatic heterocycles. The molecular weight excluding hydrogens is 460 g/mol. The zero-order valence-corrected chi connectivity index (χ0v) is 23.7. The van der Waals surface area contributed by atoms with Gasteiger partial charge in [-0.15, -0.1) is 0 Å². The van der Waals surface area contributed by atoms with E-state index in [1.54, 1.807) is 0 Å². The van der Waals surface area contributed by atoms with E-state index in [2.05, 4.69) is 67.5 Å². The van der Waals surface area contributed by atoms with E-state index in [1.165, 1.54) is 11.1 Å². The third-order valence-corrected chi connectivity index (χ3v) is 8.03. The monoisotopic (exact) mass is 502 g/mol. The number of rotatable bonds is 8. The molecule has 4 rings (SSSR count). The Balaban J connectivity index is 1.65. The summed E-state index contributed by atoms with van der Waals surface area (Å²) in [5.74, 6) is 1.68. The minimum absolute atomic E-state index is 0.0605. The van der Waals surface area contributed by atoms with Crippen LogP contribution in [0.2, 0.25) is 0 Å². The topological polar surface area (TPSA) is 52.6 Å². The zero-order chi connectivity index (χ0) is 27.0. The summed E-state index contributed by atoms with van der Waals surface area (Å²) in [6, 6.07) is 12.1. The van der Waals surface area contributed by atoms with Gasteiger partial charge in [-0.05, 0) is 89.2 Å². The molecular formula is C33H42O4. The first kappa shape index (κ1) is 27.2. The van der Waals surface area contributed by atoms with Gasteiger partial charge in [0.2, 0.25) is 0 Å². The van der Waals surface area contributed by atoms with Gasteiger partial charge in [0, 0.05) is 0 Å². The van der Waals surface area contributed by atoms with Crippen LogP contribution in [0.5, 0.6) is 11.5 Å². The van der Waals surface area contributed by atoms with E-state index < -0.39 is 11.9 Å². The van der Waals surface area contributed by atoms with Crippen molar-refractivity contribution in [3.63, 3.8) is 0 Å². The van der Waals surface area contributed by atoms with Crippen LogP contribution in [0, 0.1) is 11.8 Å². The Bertz CT molecular complexity index is 1120. The molecule has 0 aliphatic heterocycles. The molecule has 0 amide bonds. The van der Waals surface area contributed by atoms with Crippen molar-refractivity contribution in [2.45, 2.75) is 98.3 Å². The third kappa shape index (κ3) is 5.54. The third-order valence-electron chi connectivity index (χ3n) is 8.03. The van der Waals surface area contributed by atoms with E-state index in [1.807, 2.05) is 24.3 Å². The van der Waals surface area contributed by atoms with Crippen LogP contribution in [0.3, 0.4) is 0 Å². The number of benzene rings is 2. The quantitative estimate of drug-likeness (QED) is 0.268. The van der Waals surface area contributed by atoms with Gasteiger partial charge in [-0.25, -0.2) is 9.59 Å². The molecule has 0 spiro atoms. The highest BCUT2D eigenvalue weighted by Gasteiger charge is 2.46. The molecule has 0 saturated heterocycles. The Morgan fingerprint density at radius 3 is 1.32 bits per heavy atom. The first-order valence-electron chi connectivity index (χ1n) is 13.9. The maximum Gasteiger partial charge on any atom is 0.340 e. The van der Waals surface area contributed by atoms with Crippen LogP contribution in [0.15, 0.2) is 47.5 Å². The molecule has 4 heteroatoms. The number of ether oxygens (including phenoxy) is 2. The summed E-state index contributed by atoms with van der Waals surface area (Å²) in [5, 5.41) is 0. The van der Waals surface area contributed by atoms with Gasteiger partial charge in [-0.1, -0.05) is 79.7 Å². The molecule has 2 atom stereocenters. The minimum Gasteiger partial charge on any atom is -0.423 e. The fraction of sp³-hybridized carbons (Fsp3) is 0.515. The predicted octanol–water partition coefficient (Wildman–Crippen LogP) is 8.42. The van der Waals surface area contributed by atoms with E-state index in [0.29, 0.717) is 34.5 Å². The Morgan fingerprint density at radius 2 is 1.00 bits per heavy atom. The summed E-state index contributed by atoms with van der Waals surface area (Å²) >= 11 is 0. The lowest BCUT2D eigenvalue weighted by molar-refractivity contribution is -0.133. The predicted molar refractivity (Wildman–Crippen MR) is 148 cm³/mol. The molecule has 0 radical (unpaired) electrons. The molecule has 4 nitrogen and oxygen atoms in total. The molecule has 37 heavy (non-hydrogen) atoms. The van der Waals surface area contributed by atoms with E-state index in [4.69, 9.17) is 9.47 Å². The van der Waals surface area contributed by atoms with Crippen molar-refractivity contribution in [3.05, 3.63) is 69.8 Å². The summed E-state index contributed by atoms with van der Waals surface area (Å²) in [6.07, 6.45) is 2.65. The summed E-state index contributed by atoms with van der Waals surface area (Å²) < 4.78 is 12.0. The highest BCUT2D eigenvalue weighted by Crippen LogP contribution is 2.49. The van der Waals surface area contributed by atoms with E-state index in [9.17, 15) is 9.59 Å². The second-order valence-electron chi connectivity index (χ2n) is 12.0. The molecule has 0 heterocycles. The van der Waals surface area contributed by atoms with Crippen LogP contribution >= 0.6 is 0 Å². The van der Waals surface area contributed by atoms with Crippen LogP contribution < -0.4 is 9.47 Å². The van der Waals surface area contributed by atoms with Gasteiger partial charge in [0.25, 0.3) is 0 Å². The van der Waals surface area contributed by atoms with Crippen molar-refractivity contribution in [3.8, 4) is 11.5 Å². The molecule has 1 fully saturated rings. The molecule has 198 valence electrons. The lowest BCUT2D eigenvalue weighted by Gasteiger charge is -2.21. The number of hydrogen-bond donors (Lipinski definition) is 0. The molecule has 2 bridgehead atoms. The largest absolute Gasteiger partial charge is 0.423 e. The molecule has 1 saturated carbocycles. The van der Waals surface area contributed by atoms with Crippen LogP contribution in [0.4, 0.5) is 0 Å². The average Bonchev–Trinajstić information content (AvgIpc) is 3.46. The fourth-order valence-electron chi connectivity index (χ4n) is 5.75. The molecule has 2 unspecified atom stereocenters. The van der Waals surface area contributed by atoms with Crippen molar-refractivity contribution in [2.24, 2.45) is 11.8 Å². The van der Waals surface area contributed by atoms with Crippen LogP contribution in [0.1, 0.15) is 121 Å². The van der Waals surface area contributed by atoms with Crippen molar-refractivity contribution in [1.82, 2.24) is 0 Å². The summed E-state index contributed by atoms with van der Waals surface area (Å²) in [6.45, 7) is 17.0. The molecule has 2 aromatic rings.